The van der Waals surface area contributed by atoms with E-state index in [2.05, 4.69) is 36.5 Å². The van der Waals surface area contributed by atoms with Crippen molar-refractivity contribution in [1.29, 1.82) is 0 Å². The number of hydrogen-bond acceptors (Lipinski definition) is 2. The van der Waals surface area contributed by atoms with Crippen LogP contribution in [0.3, 0.4) is 0 Å². The lowest BCUT2D eigenvalue weighted by molar-refractivity contribution is 0.604. The summed E-state index contributed by atoms with van der Waals surface area (Å²) in [5.41, 5.74) is 1.78. The molecule has 0 spiro atoms. The average molecular weight is 407 g/mol. The molecule has 25 heavy (non-hydrogen) atoms. The molecule has 1 heterocycles. The van der Waals surface area contributed by atoms with Crippen LogP contribution in [-0.2, 0) is 12.8 Å². The van der Waals surface area contributed by atoms with Crippen LogP contribution >= 0.6 is 15.9 Å². The summed E-state index contributed by atoms with van der Waals surface area (Å²) in [5.74, 6) is 0.619. The van der Waals surface area contributed by atoms with Crippen molar-refractivity contribution in [3.63, 3.8) is 0 Å². The number of nitrogens with one attached hydrogen (secondary N) is 2. The van der Waals surface area contributed by atoms with Crippen molar-refractivity contribution in [2.24, 2.45) is 4.99 Å². The smallest absolute Gasteiger partial charge is 0.191 e. The maximum atomic E-state index is 13.8. The minimum atomic E-state index is -0.168. The van der Waals surface area contributed by atoms with E-state index in [0.717, 1.165) is 47.6 Å². The van der Waals surface area contributed by atoms with Gasteiger partial charge in [-0.1, -0.05) is 28.1 Å². The number of aliphatic imine (C=N–C) groups is 1. The molecule has 0 fully saturated rings. The number of halogens is 2. The summed E-state index contributed by atoms with van der Waals surface area (Å²) in [6.07, 6.45) is 4.12. The van der Waals surface area contributed by atoms with Crippen LogP contribution in [0.15, 0.2) is 52.1 Å². The number of nitrogens with zero attached hydrogens (tertiary/aromatic N) is 2. The van der Waals surface area contributed by atoms with E-state index in [4.69, 9.17) is 0 Å². The molecule has 0 saturated heterocycles. The molecule has 1 aromatic heterocycles. The second-order valence-corrected chi connectivity index (χ2v) is 6.51. The van der Waals surface area contributed by atoms with Gasteiger partial charge < -0.3 is 10.6 Å². The summed E-state index contributed by atoms with van der Waals surface area (Å²) >= 11 is 3.27. The van der Waals surface area contributed by atoms with Gasteiger partial charge in [0, 0.05) is 42.4 Å². The molecule has 6 heteroatoms. The number of guanidine groups is 1. The molecule has 0 bridgehead atoms. The zero-order valence-electron chi connectivity index (χ0n) is 14.4. The van der Waals surface area contributed by atoms with Crippen LogP contribution in [0.2, 0.25) is 0 Å². The Bertz CT molecular complexity index is 676. The van der Waals surface area contributed by atoms with E-state index >= 15 is 0 Å². The lowest BCUT2D eigenvalue weighted by Crippen LogP contribution is -2.38. The monoisotopic (exact) mass is 406 g/mol. The van der Waals surface area contributed by atoms with Crippen LogP contribution in [0, 0.1) is 5.82 Å². The molecule has 2 aromatic rings. The number of benzene rings is 1. The molecule has 0 amide bonds. The number of rotatable bonds is 8. The Balaban J connectivity index is 1.76. The predicted molar refractivity (Wildman–Crippen MR) is 104 cm³/mol. The van der Waals surface area contributed by atoms with Gasteiger partial charge in [-0.3, -0.25) is 9.98 Å². The van der Waals surface area contributed by atoms with Crippen LogP contribution in [0.4, 0.5) is 4.39 Å². The van der Waals surface area contributed by atoms with Gasteiger partial charge in [-0.25, -0.2) is 4.39 Å². The first kappa shape index (κ1) is 19.4. The largest absolute Gasteiger partial charge is 0.357 e. The van der Waals surface area contributed by atoms with E-state index in [1.54, 1.807) is 6.20 Å². The van der Waals surface area contributed by atoms with Crippen molar-refractivity contribution in [1.82, 2.24) is 15.6 Å². The van der Waals surface area contributed by atoms with Gasteiger partial charge in [0.15, 0.2) is 5.96 Å². The van der Waals surface area contributed by atoms with Gasteiger partial charge in [-0.2, -0.15) is 0 Å². The van der Waals surface area contributed by atoms with E-state index < -0.39 is 0 Å². The molecule has 134 valence electrons. The predicted octanol–water partition coefficient (Wildman–Crippen LogP) is 3.71. The molecule has 4 nitrogen and oxygen atoms in total. The summed E-state index contributed by atoms with van der Waals surface area (Å²) in [7, 11) is 0. The molecular weight excluding hydrogens is 383 g/mol. The van der Waals surface area contributed by atoms with Gasteiger partial charge >= 0.3 is 0 Å². The second-order valence-electron chi connectivity index (χ2n) is 5.60. The maximum Gasteiger partial charge on any atom is 0.191 e. The zero-order chi connectivity index (χ0) is 17.9. The van der Waals surface area contributed by atoms with Crippen molar-refractivity contribution < 1.29 is 4.39 Å². The van der Waals surface area contributed by atoms with Crippen LogP contribution in [0.1, 0.15) is 24.6 Å². The minimum Gasteiger partial charge on any atom is -0.357 e. The normalized spacial score (nSPS) is 11.4. The van der Waals surface area contributed by atoms with Gasteiger partial charge in [0.1, 0.15) is 5.82 Å². The highest BCUT2D eigenvalue weighted by molar-refractivity contribution is 9.10. The highest BCUT2D eigenvalue weighted by Gasteiger charge is 2.03. The molecule has 0 unspecified atom stereocenters. The van der Waals surface area contributed by atoms with Gasteiger partial charge in [-0.15, -0.1) is 0 Å². The van der Waals surface area contributed by atoms with Gasteiger partial charge in [0.25, 0.3) is 0 Å². The first-order valence-corrected chi connectivity index (χ1v) is 9.34. The minimum absolute atomic E-state index is 0.168. The van der Waals surface area contributed by atoms with Crippen LogP contribution < -0.4 is 10.6 Å². The van der Waals surface area contributed by atoms with Gasteiger partial charge in [-0.05, 0) is 49.6 Å². The van der Waals surface area contributed by atoms with E-state index in [0.29, 0.717) is 13.0 Å². The topological polar surface area (TPSA) is 49.3 Å². The first-order chi connectivity index (χ1) is 12.2. The fourth-order valence-corrected chi connectivity index (χ4v) is 2.71. The summed E-state index contributed by atoms with van der Waals surface area (Å²) in [6.45, 7) is 4.25. The van der Waals surface area contributed by atoms with Gasteiger partial charge in [0.05, 0.1) is 0 Å². The zero-order valence-corrected chi connectivity index (χ0v) is 16.0. The molecule has 1 aromatic carbocycles. The van der Waals surface area contributed by atoms with Crippen LogP contribution in [0.5, 0.6) is 0 Å². The summed E-state index contributed by atoms with van der Waals surface area (Å²) in [5, 5.41) is 6.53. The Morgan fingerprint density at radius 2 is 2.08 bits per heavy atom. The van der Waals surface area contributed by atoms with Crippen LogP contribution in [0.25, 0.3) is 0 Å². The summed E-state index contributed by atoms with van der Waals surface area (Å²) in [4.78, 5) is 8.86. The third kappa shape index (κ3) is 7.22. The van der Waals surface area contributed by atoms with E-state index in [1.165, 1.54) is 6.07 Å². The number of aromatic nitrogens is 1. The third-order valence-electron chi connectivity index (χ3n) is 3.63. The molecule has 0 radical (unpaired) electrons. The highest BCUT2D eigenvalue weighted by atomic mass is 79.9. The standard InChI is InChI=1S/C19H24BrFN4/c1-2-22-19(25-13-10-17-7-3-4-11-23-17)24-12-5-6-15-8-9-16(20)14-18(15)21/h3-4,7-9,11,14H,2,5-6,10,12-13H2,1H3,(H2,22,24,25). The highest BCUT2D eigenvalue weighted by Crippen LogP contribution is 2.16. The molecule has 0 aliphatic carbocycles. The number of pyridine rings is 1. The number of hydrogen-bond donors (Lipinski definition) is 2. The SMILES string of the molecule is CCNC(=NCCCc1ccc(Br)cc1F)NCCc1ccccn1. The van der Waals surface area contributed by atoms with E-state index in [1.807, 2.05) is 37.3 Å². The first-order valence-electron chi connectivity index (χ1n) is 8.55. The Kier molecular flexibility index (Phi) is 8.39. The molecule has 0 atom stereocenters. The molecule has 2 rings (SSSR count). The molecule has 2 N–H and O–H groups in total. The van der Waals surface area contributed by atoms with E-state index in [9.17, 15) is 4.39 Å². The fraction of sp³-hybridized carbons (Fsp3) is 0.368. The van der Waals surface area contributed by atoms with Crippen molar-refractivity contribution in [2.75, 3.05) is 19.6 Å². The van der Waals surface area contributed by atoms with E-state index in [-0.39, 0.29) is 5.82 Å². The number of aryl methyl sites for hydroxylation is 1. The summed E-state index contributed by atoms with van der Waals surface area (Å²) in [6, 6.07) is 11.1. The quantitative estimate of drug-likeness (QED) is 0.399. The Labute approximate surface area is 157 Å². The molecular formula is C19H24BrFN4. The van der Waals surface area contributed by atoms with Gasteiger partial charge in [0.2, 0.25) is 0 Å². The lowest BCUT2D eigenvalue weighted by atomic mass is 10.1. The maximum absolute atomic E-state index is 13.8. The molecule has 0 saturated carbocycles. The van der Waals surface area contributed by atoms with Crippen molar-refractivity contribution in [3.8, 4) is 0 Å². The molecule has 0 aliphatic heterocycles. The van der Waals surface area contributed by atoms with Crippen molar-refractivity contribution in [2.45, 2.75) is 26.2 Å². The van der Waals surface area contributed by atoms with Crippen LogP contribution in [-0.4, -0.2) is 30.6 Å². The third-order valence-corrected chi connectivity index (χ3v) is 4.13. The summed E-state index contributed by atoms with van der Waals surface area (Å²) < 4.78 is 14.6. The Morgan fingerprint density at radius 1 is 1.20 bits per heavy atom. The Hall–Kier alpha value is -1.95. The second kappa shape index (κ2) is 10.8. The van der Waals surface area contributed by atoms with Crippen molar-refractivity contribution >= 4 is 21.9 Å². The lowest BCUT2D eigenvalue weighted by Gasteiger charge is -2.11. The fourth-order valence-electron chi connectivity index (χ4n) is 2.38. The average Bonchev–Trinajstić information content (AvgIpc) is 2.61. The molecule has 0 aliphatic rings. The van der Waals surface area contributed by atoms with Crippen molar-refractivity contribution in [3.05, 3.63) is 64.1 Å². The Morgan fingerprint density at radius 3 is 2.80 bits per heavy atom.